The number of hydrogen-bond donors (Lipinski definition) is 2. The summed E-state index contributed by atoms with van der Waals surface area (Å²) < 4.78 is 27.3. The van der Waals surface area contributed by atoms with Gasteiger partial charge in [0.1, 0.15) is 12.0 Å². The molecule has 1 unspecified atom stereocenters. The van der Waals surface area contributed by atoms with E-state index in [1.54, 1.807) is 0 Å². The van der Waals surface area contributed by atoms with Crippen LogP contribution in [-0.4, -0.2) is 36.8 Å². The monoisotopic (exact) mass is 421 g/mol. The maximum Gasteiger partial charge on any atom is 0.127 e. The van der Waals surface area contributed by atoms with Gasteiger partial charge in [-0.05, 0) is 74.6 Å². The number of halogens is 1. The van der Waals surface area contributed by atoms with Crippen LogP contribution < -0.4 is 5.32 Å². The van der Waals surface area contributed by atoms with E-state index in [4.69, 9.17) is 14.9 Å². The third-order valence-electron chi connectivity index (χ3n) is 6.38. The van der Waals surface area contributed by atoms with Gasteiger partial charge in [-0.15, -0.1) is 0 Å². The second kappa shape index (κ2) is 8.81. The molecule has 0 amide bonds. The number of fused-ring (bicyclic) bond motifs is 1. The molecule has 3 heterocycles. The van der Waals surface area contributed by atoms with Crippen molar-refractivity contribution in [2.45, 2.75) is 44.2 Å². The fraction of sp³-hybridized carbons (Fsp3) is 0.400. The molecule has 0 aliphatic carbocycles. The molecule has 2 aliphatic rings. The van der Waals surface area contributed by atoms with E-state index in [1.165, 1.54) is 24.0 Å². The van der Waals surface area contributed by atoms with E-state index >= 15 is 0 Å². The van der Waals surface area contributed by atoms with Crippen LogP contribution in [0.25, 0.3) is 16.6 Å². The Kier molecular flexibility index (Phi) is 5.74. The third-order valence-corrected chi connectivity index (χ3v) is 6.38. The summed E-state index contributed by atoms with van der Waals surface area (Å²) in [6, 6.07) is 13.1. The van der Waals surface area contributed by atoms with Crippen LogP contribution in [0.15, 0.2) is 42.5 Å². The molecule has 0 spiro atoms. The van der Waals surface area contributed by atoms with Crippen LogP contribution in [-0.2, 0) is 9.47 Å². The highest BCUT2D eigenvalue weighted by Gasteiger charge is 2.23. The molecule has 5 rings (SSSR count). The summed E-state index contributed by atoms with van der Waals surface area (Å²) in [7, 11) is 0. The van der Waals surface area contributed by atoms with Crippen molar-refractivity contribution in [2.24, 2.45) is 0 Å². The molecular weight excluding hydrogens is 393 g/mol. The normalized spacial score (nSPS) is 20.1. The van der Waals surface area contributed by atoms with Crippen molar-refractivity contribution in [1.82, 2.24) is 4.57 Å². The number of nitrogens with one attached hydrogen (secondary N) is 2. The Morgan fingerprint density at radius 3 is 2.52 bits per heavy atom. The van der Waals surface area contributed by atoms with Crippen molar-refractivity contribution < 1.29 is 13.9 Å². The molecule has 3 aromatic rings. The van der Waals surface area contributed by atoms with E-state index in [1.807, 2.05) is 12.1 Å². The molecule has 2 aliphatic heterocycles. The lowest BCUT2D eigenvalue weighted by Gasteiger charge is -2.25. The van der Waals surface area contributed by atoms with E-state index in [0.29, 0.717) is 5.92 Å². The third kappa shape index (κ3) is 4.10. The van der Waals surface area contributed by atoms with Crippen molar-refractivity contribution in [3.63, 3.8) is 0 Å². The van der Waals surface area contributed by atoms with Gasteiger partial charge in [0.05, 0.1) is 5.52 Å². The lowest BCUT2D eigenvalue weighted by atomic mass is 9.96. The lowest BCUT2D eigenvalue weighted by molar-refractivity contribution is 0.0343. The lowest BCUT2D eigenvalue weighted by Crippen LogP contribution is -2.27. The Morgan fingerprint density at radius 2 is 1.81 bits per heavy atom. The molecule has 1 atom stereocenters. The van der Waals surface area contributed by atoms with Crippen LogP contribution in [0.1, 0.15) is 49.3 Å². The molecule has 31 heavy (non-hydrogen) atoms. The molecule has 2 N–H and O–H groups in total. The van der Waals surface area contributed by atoms with Gasteiger partial charge in [0.25, 0.3) is 0 Å². The van der Waals surface area contributed by atoms with Gasteiger partial charge >= 0.3 is 0 Å². The average molecular weight is 422 g/mol. The summed E-state index contributed by atoms with van der Waals surface area (Å²) in [5.41, 5.74) is 4.92. The number of aromatic nitrogens is 1. The van der Waals surface area contributed by atoms with E-state index < -0.39 is 0 Å². The van der Waals surface area contributed by atoms with E-state index in [0.717, 1.165) is 79.8 Å². The zero-order chi connectivity index (χ0) is 21.2. The fourth-order valence-corrected chi connectivity index (χ4v) is 4.74. The predicted octanol–water partition coefficient (Wildman–Crippen LogP) is 5.60. The van der Waals surface area contributed by atoms with Crippen LogP contribution in [0.4, 0.5) is 10.1 Å². The summed E-state index contributed by atoms with van der Waals surface area (Å²) >= 11 is 0. The van der Waals surface area contributed by atoms with Crippen LogP contribution in [0.2, 0.25) is 0 Å². The smallest absolute Gasteiger partial charge is 0.127 e. The van der Waals surface area contributed by atoms with Gasteiger partial charge in [0.2, 0.25) is 0 Å². The van der Waals surface area contributed by atoms with Crippen LogP contribution >= 0.6 is 0 Å². The first-order chi connectivity index (χ1) is 15.2. The van der Waals surface area contributed by atoms with Crippen LogP contribution in [0.3, 0.4) is 0 Å². The SMILES string of the molecule is N=Cc1cc2c(cc1NC1CCCCO1)cc(C1CCOCC1)n2-c1ccc(F)cc1. The maximum atomic E-state index is 13.6. The summed E-state index contributed by atoms with van der Waals surface area (Å²) in [5.74, 6) is 0.139. The molecule has 0 saturated carbocycles. The highest BCUT2D eigenvalue weighted by Crippen LogP contribution is 2.36. The summed E-state index contributed by atoms with van der Waals surface area (Å²) in [6.45, 7) is 2.29. The highest BCUT2D eigenvalue weighted by molar-refractivity contribution is 5.96. The van der Waals surface area contributed by atoms with Crippen molar-refractivity contribution >= 4 is 22.8 Å². The van der Waals surface area contributed by atoms with E-state index in [9.17, 15) is 4.39 Å². The Labute approximate surface area is 181 Å². The fourth-order valence-electron chi connectivity index (χ4n) is 4.74. The van der Waals surface area contributed by atoms with E-state index in [-0.39, 0.29) is 12.0 Å². The summed E-state index contributed by atoms with van der Waals surface area (Å²) in [6.07, 6.45) is 6.53. The zero-order valence-corrected chi connectivity index (χ0v) is 17.6. The molecule has 2 aromatic carbocycles. The second-order valence-electron chi connectivity index (χ2n) is 8.41. The van der Waals surface area contributed by atoms with Gasteiger partial charge in [0, 0.05) is 60.0 Å². The minimum atomic E-state index is -0.244. The van der Waals surface area contributed by atoms with Gasteiger partial charge in [-0.3, -0.25) is 0 Å². The topological polar surface area (TPSA) is 59.3 Å². The van der Waals surface area contributed by atoms with Gasteiger partial charge < -0.3 is 24.8 Å². The zero-order valence-electron chi connectivity index (χ0n) is 17.6. The van der Waals surface area contributed by atoms with Crippen LogP contribution in [0.5, 0.6) is 0 Å². The number of hydrogen-bond acceptors (Lipinski definition) is 4. The van der Waals surface area contributed by atoms with Gasteiger partial charge in [0.15, 0.2) is 0 Å². The maximum absolute atomic E-state index is 13.6. The quantitative estimate of drug-likeness (QED) is 0.527. The summed E-state index contributed by atoms with van der Waals surface area (Å²) in [4.78, 5) is 0. The molecule has 5 nitrogen and oxygen atoms in total. The molecule has 6 heteroatoms. The minimum absolute atomic E-state index is 0.0148. The standard InChI is InChI=1S/C25H28FN3O2/c26-20-4-6-21(7-5-20)29-23(17-8-11-30-12-9-17)14-18-13-22(19(16-27)15-24(18)29)28-25-3-1-2-10-31-25/h4-7,13-17,25,27-28H,1-3,8-12H2. The first-order valence-corrected chi connectivity index (χ1v) is 11.1. The number of anilines is 1. The molecule has 0 radical (unpaired) electrons. The van der Waals surface area contributed by atoms with Crippen molar-refractivity contribution in [3.8, 4) is 5.69 Å². The number of nitrogens with zero attached hydrogens (tertiary/aromatic N) is 1. The molecule has 2 saturated heterocycles. The number of benzene rings is 2. The molecule has 2 fully saturated rings. The Hall–Kier alpha value is -2.70. The first kappa shape index (κ1) is 20.2. The minimum Gasteiger partial charge on any atom is -0.381 e. The largest absolute Gasteiger partial charge is 0.381 e. The van der Waals surface area contributed by atoms with Gasteiger partial charge in [-0.25, -0.2) is 4.39 Å². The number of ether oxygens (including phenoxy) is 2. The Bertz CT molecular complexity index is 1060. The molecule has 0 bridgehead atoms. The van der Waals surface area contributed by atoms with Gasteiger partial charge in [-0.2, -0.15) is 0 Å². The summed E-state index contributed by atoms with van der Waals surface area (Å²) in [5, 5.41) is 12.6. The number of rotatable bonds is 5. The van der Waals surface area contributed by atoms with E-state index in [2.05, 4.69) is 28.1 Å². The molecule has 162 valence electrons. The molecular formula is C25H28FN3O2. The van der Waals surface area contributed by atoms with Crippen molar-refractivity contribution in [2.75, 3.05) is 25.1 Å². The van der Waals surface area contributed by atoms with Crippen LogP contribution in [0, 0.1) is 11.2 Å². The second-order valence-corrected chi connectivity index (χ2v) is 8.41. The Morgan fingerprint density at radius 1 is 1.00 bits per heavy atom. The highest BCUT2D eigenvalue weighted by atomic mass is 19.1. The van der Waals surface area contributed by atoms with Crippen molar-refractivity contribution in [1.29, 1.82) is 5.41 Å². The average Bonchev–Trinajstić information content (AvgIpc) is 3.18. The van der Waals surface area contributed by atoms with Crippen molar-refractivity contribution in [3.05, 3.63) is 59.5 Å². The predicted molar refractivity (Wildman–Crippen MR) is 121 cm³/mol. The Balaban J connectivity index is 1.62. The first-order valence-electron chi connectivity index (χ1n) is 11.1. The van der Waals surface area contributed by atoms with Gasteiger partial charge in [-0.1, -0.05) is 0 Å². The molecule has 1 aromatic heterocycles.